The Morgan fingerprint density at radius 1 is 1.88 bits per heavy atom. The first-order valence-electron chi connectivity index (χ1n) is 2.66. The van der Waals surface area contributed by atoms with Crippen LogP contribution in [0.15, 0.2) is 0 Å². The summed E-state index contributed by atoms with van der Waals surface area (Å²) >= 11 is 0. The van der Waals surface area contributed by atoms with Crippen molar-refractivity contribution in [1.82, 2.24) is 0 Å². The van der Waals surface area contributed by atoms with E-state index < -0.39 is 6.16 Å². The van der Waals surface area contributed by atoms with Crippen molar-refractivity contribution in [3.05, 3.63) is 0 Å². The average molecular weight is 116 g/mol. The van der Waals surface area contributed by atoms with E-state index in [0.29, 0.717) is 6.61 Å². The van der Waals surface area contributed by atoms with E-state index in [4.69, 9.17) is 0 Å². The van der Waals surface area contributed by atoms with E-state index in [9.17, 15) is 4.79 Å². The number of ether oxygens (including phenoxy) is 2. The molecular formula is C5H8O3. The van der Waals surface area contributed by atoms with Gasteiger partial charge in [0.05, 0.1) is 0 Å². The Kier molecular flexibility index (Phi) is 1.37. The maximum absolute atomic E-state index is 10.2. The highest BCUT2D eigenvalue weighted by Gasteiger charge is 2.22. The quantitative estimate of drug-likeness (QED) is 0.478. The first kappa shape index (κ1) is 5.41. The van der Waals surface area contributed by atoms with E-state index in [0.717, 1.165) is 6.42 Å². The molecule has 0 bridgehead atoms. The molecule has 0 unspecified atom stereocenters. The number of cyclic esters (lactones) is 2. The Bertz CT molecular complexity index is 99.8. The maximum atomic E-state index is 10.2. The third kappa shape index (κ3) is 0.911. The highest BCUT2D eigenvalue weighted by Crippen LogP contribution is 2.07. The van der Waals surface area contributed by atoms with Crippen molar-refractivity contribution < 1.29 is 14.3 Å². The second-order valence-corrected chi connectivity index (χ2v) is 1.71. The molecule has 1 rings (SSSR count). The molecule has 0 aromatic carbocycles. The zero-order chi connectivity index (χ0) is 5.98. The minimum absolute atomic E-state index is 0.00231. The van der Waals surface area contributed by atoms with Crippen LogP contribution in [0.5, 0.6) is 0 Å². The molecule has 3 heteroatoms. The summed E-state index contributed by atoms with van der Waals surface area (Å²) in [5.74, 6) is 0. The molecule has 3 nitrogen and oxygen atoms in total. The summed E-state index contributed by atoms with van der Waals surface area (Å²) in [5, 5.41) is 0. The molecule has 0 N–H and O–H groups in total. The molecule has 0 radical (unpaired) electrons. The molecular weight excluding hydrogens is 108 g/mol. The molecule has 1 saturated heterocycles. The van der Waals surface area contributed by atoms with Crippen LogP contribution in [0.1, 0.15) is 13.3 Å². The van der Waals surface area contributed by atoms with E-state index in [1.54, 1.807) is 0 Å². The van der Waals surface area contributed by atoms with E-state index in [-0.39, 0.29) is 6.10 Å². The van der Waals surface area contributed by atoms with Gasteiger partial charge in [-0.25, -0.2) is 4.79 Å². The van der Waals surface area contributed by atoms with Crippen molar-refractivity contribution in [3.63, 3.8) is 0 Å². The average Bonchev–Trinajstić information content (AvgIpc) is 2.14. The second-order valence-electron chi connectivity index (χ2n) is 1.71. The van der Waals surface area contributed by atoms with Gasteiger partial charge < -0.3 is 9.47 Å². The molecule has 0 spiro atoms. The zero-order valence-corrected chi connectivity index (χ0v) is 4.72. The lowest BCUT2D eigenvalue weighted by molar-refractivity contribution is 0.117. The Hall–Kier alpha value is -0.730. The third-order valence-corrected chi connectivity index (χ3v) is 1.11. The van der Waals surface area contributed by atoms with Crippen LogP contribution in [0.4, 0.5) is 4.79 Å². The zero-order valence-electron chi connectivity index (χ0n) is 4.72. The molecule has 8 heavy (non-hydrogen) atoms. The van der Waals surface area contributed by atoms with Crippen molar-refractivity contribution >= 4 is 6.16 Å². The Morgan fingerprint density at radius 3 is 2.88 bits per heavy atom. The fourth-order valence-electron chi connectivity index (χ4n) is 0.566. The van der Waals surface area contributed by atoms with E-state index >= 15 is 0 Å². The summed E-state index contributed by atoms with van der Waals surface area (Å²) in [6.07, 6.45) is 0.311. The Balaban J connectivity index is 2.32. The summed E-state index contributed by atoms with van der Waals surface area (Å²) in [6, 6.07) is 0. The van der Waals surface area contributed by atoms with Gasteiger partial charge in [-0.3, -0.25) is 0 Å². The first-order chi connectivity index (χ1) is 3.83. The van der Waals surface area contributed by atoms with Crippen molar-refractivity contribution in [2.45, 2.75) is 19.4 Å². The highest BCUT2D eigenvalue weighted by atomic mass is 16.8. The van der Waals surface area contributed by atoms with Crippen molar-refractivity contribution in [3.8, 4) is 0 Å². The fourth-order valence-corrected chi connectivity index (χ4v) is 0.566. The van der Waals surface area contributed by atoms with Gasteiger partial charge in [-0.05, 0) is 6.42 Å². The third-order valence-electron chi connectivity index (χ3n) is 1.11. The van der Waals surface area contributed by atoms with E-state index in [1.165, 1.54) is 0 Å². The molecule has 1 heterocycles. The van der Waals surface area contributed by atoms with Crippen LogP contribution in [0.3, 0.4) is 0 Å². The van der Waals surface area contributed by atoms with Crippen LogP contribution in [-0.4, -0.2) is 18.9 Å². The summed E-state index contributed by atoms with van der Waals surface area (Å²) in [6.45, 7) is 2.38. The smallest absolute Gasteiger partial charge is 0.430 e. The molecule has 0 aromatic heterocycles. The minimum Gasteiger partial charge on any atom is -0.430 e. The summed E-state index contributed by atoms with van der Waals surface area (Å²) in [4.78, 5) is 10.2. The molecule has 0 aromatic rings. The standard InChI is InChI=1S/C5H8O3/c1-2-4-3-7-5(6)8-4/h4H,2-3H2,1H3/t4-/m0/s1. The molecule has 0 aliphatic carbocycles. The van der Waals surface area contributed by atoms with Crippen LogP contribution < -0.4 is 0 Å². The lowest BCUT2D eigenvalue weighted by Crippen LogP contribution is -2.06. The lowest BCUT2D eigenvalue weighted by atomic mass is 10.3. The van der Waals surface area contributed by atoms with Gasteiger partial charge in [-0.1, -0.05) is 6.92 Å². The van der Waals surface area contributed by atoms with Crippen molar-refractivity contribution in [2.24, 2.45) is 0 Å². The normalized spacial score (nSPS) is 27.1. The molecule has 0 amide bonds. The van der Waals surface area contributed by atoms with Crippen LogP contribution in [0.2, 0.25) is 0 Å². The van der Waals surface area contributed by atoms with Gasteiger partial charge in [0.25, 0.3) is 0 Å². The van der Waals surface area contributed by atoms with E-state index in [1.807, 2.05) is 6.92 Å². The number of carbonyl (C=O) groups excluding carboxylic acids is 1. The topological polar surface area (TPSA) is 35.5 Å². The molecule has 1 aliphatic heterocycles. The van der Waals surface area contributed by atoms with Gasteiger partial charge in [0.1, 0.15) is 12.7 Å². The second kappa shape index (κ2) is 2.03. The maximum Gasteiger partial charge on any atom is 0.508 e. The van der Waals surface area contributed by atoms with Gasteiger partial charge in [-0.15, -0.1) is 0 Å². The summed E-state index contributed by atoms with van der Waals surface area (Å²) < 4.78 is 9.14. The van der Waals surface area contributed by atoms with Crippen molar-refractivity contribution in [2.75, 3.05) is 6.61 Å². The minimum atomic E-state index is -0.531. The van der Waals surface area contributed by atoms with Gasteiger partial charge in [0.15, 0.2) is 0 Å². The first-order valence-corrected chi connectivity index (χ1v) is 2.66. The Labute approximate surface area is 47.6 Å². The fraction of sp³-hybridized carbons (Fsp3) is 0.800. The van der Waals surface area contributed by atoms with Crippen LogP contribution in [0, 0.1) is 0 Å². The SMILES string of the molecule is CC[C@H]1COC(=O)O1. The molecule has 1 atom stereocenters. The van der Waals surface area contributed by atoms with Gasteiger partial charge in [0.2, 0.25) is 0 Å². The Morgan fingerprint density at radius 2 is 2.62 bits per heavy atom. The number of rotatable bonds is 1. The number of hydrogen-bond acceptors (Lipinski definition) is 3. The molecule has 46 valence electrons. The van der Waals surface area contributed by atoms with Gasteiger partial charge in [0, 0.05) is 0 Å². The monoisotopic (exact) mass is 116 g/mol. The van der Waals surface area contributed by atoms with E-state index in [2.05, 4.69) is 9.47 Å². The van der Waals surface area contributed by atoms with Crippen molar-refractivity contribution in [1.29, 1.82) is 0 Å². The predicted octanol–water partition coefficient (Wildman–Crippen LogP) is 0.932. The molecule has 0 saturated carbocycles. The summed E-state index contributed by atoms with van der Waals surface area (Å²) in [5.41, 5.74) is 0. The van der Waals surface area contributed by atoms with Gasteiger partial charge >= 0.3 is 6.16 Å². The summed E-state index contributed by atoms with van der Waals surface area (Å²) in [7, 11) is 0. The van der Waals surface area contributed by atoms with Crippen LogP contribution >= 0.6 is 0 Å². The van der Waals surface area contributed by atoms with Gasteiger partial charge in [-0.2, -0.15) is 0 Å². The lowest BCUT2D eigenvalue weighted by Gasteiger charge is -1.97. The van der Waals surface area contributed by atoms with Crippen LogP contribution in [-0.2, 0) is 9.47 Å². The molecule has 1 fully saturated rings. The predicted molar refractivity (Wildman–Crippen MR) is 26.5 cm³/mol. The highest BCUT2D eigenvalue weighted by molar-refractivity contribution is 5.61. The number of hydrogen-bond donors (Lipinski definition) is 0. The largest absolute Gasteiger partial charge is 0.508 e. The molecule has 1 aliphatic rings. The van der Waals surface area contributed by atoms with Crippen LogP contribution in [0.25, 0.3) is 0 Å². The number of carbonyl (C=O) groups is 1.